The van der Waals surface area contributed by atoms with Crippen LogP contribution in [0.4, 0.5) is 0 Å². The monoisotopic (exact) mass is 241 g/mol. The molecule has 0 rings (SSSR count). The molecule has 0 saturated carbocycles. The Morgan fingerprint density at radius 1 is 1.24 bits per heavy atom. The predicted molar refractivity (Wildman–Crippen MR) is 72.0 cm³/mol. The largest absolute Gasteiger partial charge is 0.465 e. The van der Waals surface area contributed by atoms with Gasteiger partial charge in [0, 0.05) is 6.54 Å². The molecule has 0 aliphatic carbocycles. The van der Waals surface area contributed by atoms with Gasteiger partial charge in [-0.15, -0.1) is 6.58 Å². The highest BCUT2D eigenvalue weighted by Gasteiger charge is 2.09. The van der Waals surface area contributed by atoms with Crippen molar-refractivity contribution in [2.24, 2.45) is 0 Å². The van der Waals surface area contributed by atoms with Crippen LogP contribution in [0.25, 0.3) is 0 Å². The van der Waals surface area contributed by atoms with E-state index in [0.29, 0.717) is 13.2 Å². The molecular formula is C14H27NO2. The van der Waals surface area contributed by atoms with Crippen molar-refractivity contribution in [3.8, 4) is 0 Å². The normalized spacial score (nSPS) is 10.5. The summed E-state index contributed by atoms with van der Waals surface area (Å²) in [5, 5.41) is 0. The van der Waals surface area contributed by atoms with Crippen molar-refractivity contribution < 1.29 is 9.53 Å². The first kappa shape index (κ1) is 16.2. The second-order valence-corrected chi connectivity index (χ2v) is 4.24. The zero-order valence-corrected chi connectivity index (χ0v) is 11.4. The second-order valence-electron chi connectivity index (χ2n) is 4.24. The van der Waals surface area contributed by atoms with E-state index in [-0.39, 0.29) is 5.97 Å². The Bertz CT molecular complexity index is 204. The standard InChI is InChI=1S/C14H27NO2/c1-4-7-8-9-10-12-15(11-5-2)13-14(16)17-6-3/h5H,2,4,6-13H2,1,3H3. The maximum absolute atomic E-state index is 11.4. The molecule has 0 saturated heterocycles. The lowest BCUT2D eigenvalue weighted by molar-refractivity contribution is -0.144. The fourth-order valence-corrected chi connectivity index (χ4v) is 1.75. The SMILES string of the molecule is C=CCN(CCCCCCC)CC(=O)OCC. The van der Waals surface area contributed by atoms with Gasteiger partial charge in [0.2, 0.25) is 0 Å². The smallest absolute Gasteiger partial charge is 0.320 e. The topological polar surface area (TPSA) is 29.5 Å². The maximum atomic E-state index is 11.4. The Hall–Kier alpha value is -0.830. The molecule has 0 unspecified atom stereocenters. The van der Waals surface area contributed by atoms with Crippen LogP contribution in [0.1, 0.15) is 46.0 Å². The van der Waals surface area contributed by atoms with E-state index in [4.69, 9.17) is 4.74 Å². The van der Waals surface area contributed by atoms with Crippen LogP contribution in [0.2, 0.25) is 0 Å². The maximum Gasteiger partial charge on any atom is 0.320 e. The Morgan fingerprint density at radius 3 is 2.53 bits per heavy atom. The van der Waals surface area contributed by atoms with E-state index >= 15 is 0 Å². The number of hydrogen-bond acceptors (Lipinski definition) is 3. The number of carbonyl (C=O) groups is 1. The van der Waals surface area contributed by atoms with Crippen LogP contribution in [0.3, 0.4) is 0 Å². The summed E-state index contributed by atoms with van der Waals surface area (Å²) in [5.41, 5.74) is 0. The predicted octanol–water partition coefficient (Wildman–Crippen LogP) is 3.01. The van der Waals surface area contributed by atoms with Crippen LogP contribution in [-0.4, -0.2) is 37.1 Å². The molecule has 17 heavy (non-hydrogen) atoms. The van der Waals surface area contributed by atoms with Crippen molar-refractivity contribution in [2.45, 2.75) is 46.0 Å². The van der Waals surface area contributed by atoms with Gasteiger partial charge in [0.05, 0.1) is 13.2 Å². The van der Waals surface area contributed by atoms with Crippen molar-refractivity contribution in [2.75, 3.05) is 26.2 Å². The molecule has 0 amide bonds. The third-order valence-electron chi connectivity index (χ3n) is 2.62. The molecule has 0 aliphatic heterocycles. The molecular weight excluding hydrogens is 214 g/mol. The Labute approximate surface area is 106 Å². The molecule has 0 spiro atoms. The summed E-state index contributed by atoms with van der Waals surface area (Å²) in [6.45, 7) is 10.3. The molecule has 0 heterocycles. The van der Waals surface area contributed by atoms with Gasteiger partial charge in [0.1, 0.15) is 0 Å². The van der Waals surface area contributed by atoms with Gasteiger partial charge in [-0.2, -0.15) is 0 Å². The molecule has 3 nitrogen and oxygen atoms in total. The van der Waals surface area contributed by atoms with Crippen molar-refractivity contribution in [1.29, 1.82) is 0 Å². The van der Waals surface area contributed by atoms with Crippen molar-refractivity contribution in [3.05, 3.63) is 12.7 Å². The first-order chi connectivity index (χ1) is 8.24. The molecule has 0 aromatic heterocycles. The van der Waals surface area contributed by atoms with E-state index in [1.807, 2.05) is 13.0 Å². The van der Waals surface area contributed by atoms with Crippen molar-refractivity contribution >= 4 is 5.97 Å². The van der Waals surface area contributed by atoms with Crippen LogP contribution in [0.5, 0.6) is 0 Å². The van der Waals surface area contributed by atoms with E-state index in [0.717, 1.165) is 19.5 Å². The average molecular weight is 241 g/mol. The minimum atomic E-state index is -0.136. The minimum absolute atomic E-state index is 0.136. The number of carbonyl (C=O) groups excluding carboxylic acids is 1. The highest BCUT2D eigenvalue weighted by molar-refractivity contribution is 5.71. The van der Waals surface area contributed by atoms with Crippen LogP contribution in [-0.2, 0) is 9.53 Å². The summed E-state index contributed by atoms with van der Waals surface area (Å²) in [4.78, 5) is 13.5. The van der Waals surface area contributed by atoms with Gasteiger partial charge >= 0.3 is 5.97 Å². The lowest BCUT2D eigenvalue weighted by Gasteiger charge is -2.19. The molecule has 0 aliphatic rings. The van der Waals surface area contributed by atoms with Gasteiger partial charge in [0.25, 0.3) is 0 Å². The Morgan fingerprint density at radius 2 is 1.94 bits per heavy atom. The lowest BCUT2D eigenvalue weighted by atomic mass is 10.1. The van der Waals surface area contributed by atoms with Crippen LogP contribution < -0.4 is 0 Å². The summed E-state index contributed by atoms with van der Waals surface area (Å²) in [7, 11) is 0. The highest BCUT2D eigenvalue weighted by atomic mass is 16.5. The Balaban J connectivity index is 3.73. The van der Waals surface area contributed by atoms with Gasteiger partial charge in [-0.05, 0) is 19.9 Å². The van der Waals surface area contributed by atoms with Gasteiger partial charge < -0.3 is 4.74 Å². The molecule has 0 radical (unpaired) electrons. The number of nitrogens with zero attached hydrogens (tertiary/aromatic N) is 1. The number of rotatable bonds is 11. The fraction of sp³-hybridized carbons (Fsp3) is 0.786. The number of ether oxygens (including phenoxy) is 1. The van der Waals surface area contributed by atoms with Crippen LogP contribution >= 0.6 is 0 Å². The molecule has 0 aromatic rings. The van der Waals surface area contributed by atoms with E-state index < -0.39 is 0 Å². The summed E-state index contributed by atoms with van der Waals surface area (Å²) in [6.07, 6.45) is 8.08. The molecule has 0 N–H and O–H groups in total. The van der Waals surface area contributed by atoms with Crippen LogP contribution in [0, 0.1) is 0 Å². The van der Waals surface area contributed by atoms with Gasteiger partial charge in [-0.3, -0.25) is 9.69 Å². The summed E-state index contributed by atoms with van der Waals surface area (Å²) < 4.78 is 4.95. The third-order valence-corrected chi connectivity index (χ3v) is 2.62. The average Bonchev–Trinajstić information content (AvgIpc) is 2.29. The summed E-state index contributed by atoms with van der Waals surface area (Å²) in [5.74, 6) is -0.136. The van der Waals surface area contributed by atoms with Gasteiger partial charge in [-0.25, -0.2) is 0 Å². The van der Waals surface area contributed by atoms with Gasteiger partial charge in [-0.1, -0.05) is 38.7 Å². The highest BCUT2D eigenvalue weighted by Crippen LogP contribution is 2.04. The third kappa shape index (κ3) is 10.1. The number of unbranched alkanes of at least 4 members (excludes halogenated alkanes) is 4. The first-order valence-corrected chi connectivity index (χ1v) is 6.73. The van der Waals surface area contributed by atoms with E-state index in [2.05, 4.69) is 18.4 Å². The molecule has 0 fully saturated rings. The first-order valence-electron chi connectivity index (χ1n) is 6.73. The lowest BCUT2D eigenvalue weighted by Crippen LogP contribution is -2.32. The number of esters is 1. The molecule has 0 aromatic carbocycles. The van der Waals surface area contributed by atoms with Crippen molar-refractivity contribution in [3.63, 3.8) is 0 Å². The van der Waals surface area contributed by atoms with E-state index in [9.17, 15) is 4.79 Å². The van der Waals surface area contributed by atoms with E-state index in [1.165, 1.54) is 25.7 Å². The zero-order chi connectivity index (χ0) is 12.9. The fourth-order valence-electron chi connectivity index (χ4n) is 1.75. The zero-order valence-electron chi connectivity index (χ0n) is 11.4. The van der Waals surface area contributed by atoms with Crippen LogP contribution in [0.15, 0.2) is 12.7 Å². The Kier molecular flexibility index (Phi) is 11.1. The van der Waals surface area contributed by atoms with Crippen molar-refractivity contribution in [1.82, 2.24) is 4.90 Å². The summed E-state index contributed by atoms with van der Waals surface area (Å²) >= 11 is 0. The number of hydrogen-bond donors (Lipinski definition) is 0. The molecule has 0 bridgehead atoms. The quantitative estimate of drug-likeness (QED) is 0.316. The minimum Gasteiger partial charge on any atom is -0.465 e. The van der Waals surface area contributed by atoms with E-state index in [1.54, 1.807) is 0 Å². The van der Waals surface area contributed by atoms with Gasteiger partial charge in [0.15, 0.2) is 0 Å². The molecule has 0 atom stereocenters. The molecule has 3 heteroatoms. The second kappa shape index (κ2) is 11.6. The molecule has 100 valence electrons. The summed E-state index contributed by atoms with van der Waals surface area (Å²) in [6, 6.07) is 0.